The van der Waals surface area contributed by atoms with E-state index < -0.39 is 21.9 Å². The minimum absolute atomic E-state index is 0.0490. The van der Waals surface area contributed by atoms with Gasteiger partial charge in [0.15, 0.2) is 5.82 Å². The molecule has 106 valence electrons. The molecule has 0 aliphatic carbocycles. The molecule has 0 radical (unpaired) electrons. The molecule has 1 heterocycles. The van der Waals surface area contributed by atoms with Gasteiger partial charge in [-0.2, -0.15) is 0 Å². The Morgan fingerprint density at radius 2 is 2.10 bits per heavy atom. The number of nitrogens with zero attached hydrogens (tertiary/aromatic N) is 1. The van der Waals surface area contributed by atoms with Crippen molar-refractivity contribution >= 4 is 15.7 Å². The van der Waals surface area contributed by atoms with E-state index in [9.17, 15) is 17.9 Å². The van der Waals surface area contributed by atoms with Crippen molar-refractivity contribution in [2.24, 2.45) is 0 Å². The molecule has 0 fully saturated rings. The lowest BCUT2D eigenvalue weighted by atomic mass is 10.1. The first-order chi connectivity index (χ1) is 9.40. The molecule has 7 heteroatoms. The van der Waals surface area contributed by atoms with Gasteiger partial charge in [0.1, 0.15) is 0 Å². The lowest BCUT2D eigenvalue weighted by Gasteiger charge is -2.10. The molecule has 1 unspecified atom stereocenters. The first kappa shape index (κ1) is 14.4. The number of nitrogens with one attached hydrogen (secondary N) is 1. The van der Waals surface area contributed by atoms with Crippen molar-refractivity contribution < 1.29 is 17.9 Å². The molecule has 0 amide bonds. The van der Waals surface area contributed by atoms with Gasteiger partial charge in [0.05, 0.1) is 22.9 Å². The molecule has 2 N–H and O–H groups in total. The summed E-state index contributed by atoms with van der Waals surface area (Å²) in [5.41, 5.74) is 0.283. The summed E-state index contributed by atoms with van der Waals surface area (Å²) in [6.07, 6.45) is 1.42. The molecule has 2 aromatic rings. The normalized spacial score (nSPS) is 12.9. The van der Waals surface area contributed by atoms with Crippen LogP contribution >= 0.6 is 0 Å². The third-order valence-corrected chi connectivity index (χ3v) is 4.03. The molecule has 0 bridgehead atoms. The van der Waals surface area contributed by atoms with Crippen molar-refractivity contribution in [2.75, 3.05) is 4.72 Å². The molecule has 0 spiro atoms. The van der Waals surface area contributed by atoms with Crippen molar-refractivity contribution in [3.63, 3.8) is 0 Å². The number of aliphatic hydroxyl groups excluding tert-OH is 1. The molecule has 1 aromatic carbocycles. The number of rotatable bonds is 4. The van der Waals surface area contributed by atoms with Crippen LogP contribution in [-0.4, -0.2) is 18.5 Å². The van der Waals surface area contributed by atoms with Crippen LogP contribution in [-0.2, 0) is 10.0 Å². The van der Waals surface area contributed by atoms with E-state index in [0.717, 1.165) is 6.20 Å². The van der Waals surface area contributed by atoms with Crippen molar-refractivity contribution in [3.05, 3.63) is 54.1 Å². The molecule has 20 heavy (non-hydrogen) atoms. The highest BCUT2D eigenvalue weighted by molar-refractivity contribution is 7.92. The molecule has 2 rings (SSSR count). The van der Waals surface area contributed by atoms with Gasteiger partial charge in [0.25, 0.3) is 10.0 Å². The third kappa shape index (κ3) is 3.12. The first-order valence-corrected chi connectivity index (χ1v) is 7.29. The summed E-state index contributed by atoms with van der Waals surface area (Å²) in [4.78, 5) is 3.49. The van der Waals surface area contributed by atoms with Crippen LogP contribution in [0.2, 0.25) is 0 Å². The number of benzene rings is 1. The molecule has 1 atom stereocenters. The van der Waals surface area contributed by atoms with Gasteiger partial charge < -0.3 is 5.11 Å². The summed E-state index contributed by atoms with van der Waals surface area (Å²) in [5, 5.41) is 9.46. The number of aliphatic hydroxyl groups is 1. The van der Waals surface area contributed by atoms with Crippen LogP contribution in [0, 0.1) is 5.82 Å². The summed E-state index contributed by atoms with van der Waals surface area (Å²) in [6, 6.07) is 7.06. The highest BCUT2D eigenvalue weighted by Gasteiger charge is 2.17. The average molecular weight is 296 g/mol. The van der Waals surface area contributed by atoms with Crippen molar-refractivity contribution in [1.82, 2.24) is 4.98 Å². The molecule has 0 aliphatic rings. The molecular formula is C13H13FN2O3S. The Bertz CT molecular complexity index is 717. The van der Waals surface area contributed by atoms with E-state index in [2.05, 4.69) is 9.71 Å². The van der Waals surface area contributed by atoms with Gasteiger partial charge in [0.2, 0.25) is 0 Å². The van der Waals surface area contributed by atoms with E-state index in [-0.39, 0.29) is 10.6 Å². The predicted molar refractivity (Wildman–Crippen MR) is 72.1 cm³/mol. The number of pyridine rings is 1. The fourth-order valence-corrected chi connectivity index (χ4v) is 2.73. The highest BCUT2D eigenvalue weighted by Crippen LogP contribution is 2.21. The Morgan fingerprint density at radius 1 is 1.35 bits per heavy atom. The zero-order chi connectivity index (χ0) is 14.8. The van der Waals surface area contributed by atoms with Crippen molar-refractivity contribution in [2.45, 2.75) is 17.9 Å². The van der Waals surface area contributed by atoms with Gasteiger partial charge in [-0.15, -0.1) is 0 Å². The predicted octanol–water partition coefficient (Wildman–Crippen LogP) is 2.07. The fraction of sp³-hybridized carbons (Fsp3) is 0.154. The SMILES string of the molecule is CC(O)c1cccc(S(=O)(=O)Nc2ccncc2F)c1. The van der Waals surface area contributed by atoms with Gasteiger partial charge in [0, 0.05) is 6.20 Å². The second-order valence-corrected chi connectivity index (χ2v) is 5.89. The van der Waals surface area contributed by atoms with Gasteiger partial charge in [-0.05, 0) is 30.7 Å². The zero-order valence-corrected chi connectivity index (χ0v) is 11.4. The topological polar surface area (TPSA) is 79.3 Å². The number of hydrogen-bond acceptors (Lipinski definition) is 4. The Kier molecular flexibility index (Phi) is 4.01. The van der Waals surface area contributed by atoms with E-state index in [0.29, 0.717) is 5.56 Å². The monoisotopic (exact) mass is 296 g/mol. The Morgan fingerprint density at radius 3 is 2.75 bits per heavy atom. The Hall–Kier alpha value is -1.99. The van der Waals surface area contributed by atoms with E-state index in [4.69, 9.17) is 0 Å². The van der Waals surface area contributed by atoms with Crippen molar-refractivity contribution in [3.8, 4) is 0 Å². The van der Waals surface area contributed by atoms with E-state index >= 15 is 0 Å². The number of anilines is 1. The second kappa shape index (κ2) is 5.56. The van der Waals surface area contributed by atoms with E-state index in [1.165, 1.54) is 37.4 Å². The average Bonchev–Trinajstić information content (AvgIpc) is 2.41. The van der Waals surface area contributed by atoms with Crippen LogP contribution < -0.4 is 4.72 Å². The molecular weight excluding hydrogens is 283 g/mol. The number of sulfonamides is 1. The zero-order valence-electron chi connectivity index (χ0n) is 10.6. The van der Waals surface area contributed by atoms with Gasteiger partial charge in [-0.1, -0.05) is 12.1 Å². The highest BCUT2D eigenvalue weighted by atomic mass is 32.2. The molecule has 0 saturated heterocycles. The lowest BCUT2D eigenvalue weighted by molar-refractivity contribution is 0.199. The standard InChI is InChI=1S/C13H13FN2O3S/c1-9(17)10-3-2-4-11(7-10)20(18,19)16-13-5-6-15-8-12(13)14/h2-9,17H,1H3,(H,15,16). The lowest BCUT2D eigenvalue weighted by Crippen LogP contribution is -2.14. The summed E-state index contributed by atoms with van der Waals surface area (Å²) < 4.78 is 39.9. The number of hydrogen-bond donors (Lipinski definition) is 2. The Balaban J connectivity index is 2.36. The quantitative estimate of drug-likeness (QED) is 0.905. The minimum Gasteiger partial charge on any atom is -0.389 e. The van der Waals surface area contributed by atoms with E-state index in [1.54, 1.807) is 6.07 Å². The van der Waals surface area contributed by atoms with Crippen LogP contribution in [0.25, 0.3) is 0 Å². The van der Waals surface area contributed by atoms with Gasteiger partial charge in [-0.3, -0.25) is 9.71 Å². The van der Waals surface area contributed by atoms with Crippen molar-refractivity contribution in [1.29, 1.82) is 0 Å². The fourth-order valence-electron chi connectivity index (χ4n) is 1.60. The maximum atomic E-state index is 13.4. The van der Waals surface area contributed by atoms with Gasteiger partial charge >= 0.3 is 0 Å². The summed E-state index contributed by atoms with van der Waals surface area (Å²) in [7, 11) is -3.92. The first-order valence-electron chi connectivity index (χ1n) is 5.80. The molecule has 0 saturated carbocycles. The van der Waals surface area contributed by atoms with Crippen LogP contribution in [0.3, 0.4) is 0 Å². The summed E-state index contributed by atoms with van der Waals surface area (Å²) in [5.74, 6) is -0.761. The van der Waals surface area contributed by atoms with Crippen LogP contribution in [0.5, 0.6) is 0 Å². The maximum absolute atomic E-state index is 13.4. The number of halogens is 1. The summed E-state index contributed by atoms with van der Waals surface area (Å²) >= 11 is 0. The second-order valence-electron chi connectivity index (χ2n) is 4.21. The van der Waals surface area contributed by atoms with Crippen LogP contribution in [0.4, 0.5) is 10.1 Å². The molecule has 0 aliphatic heterocycles. The van der Waals surface area contributed by atoms with Crippen LogP contribution in [0.1, 0.15) is 18.6 Å². The smallest absolute Gasteiger partial charge is 0.261 e. The molecule has 5 nitrogen and oxygen atoms in total. The van der Waals surface area contributed by atoms with Crippen LogP contribution in [0.15, 0.2) is 47.6 Å². The maximum Gasteiger partial charge on any atom is 0.261 e. The minimum atomic E-state index is -3.92. The summed E-state index contributed by atoms with van der Waals surface area (Å²) in [6.45, 7) is 1.53. The molecule has 1 aromatic heterocycles. The Labute approximate surface area is 116 Å². The third-order valence-electron chi connectivity index (χ3n) is 2.67. The van der Waals surface area contributed by atoms with E-state index in [1.807, 2.05) is 0 Å². The number of aromatic nitrogens is 1. The largest absolute Gasteiger partial charge is 0.389 e. The van der Waals surface area contributed by atoms with Gasteiger partial charge in [-0.25, -0.2) is 12.8 Å².